The first-order chi connectivity index (χ1) is 39.0. The van der Waals surface area contributed by atoms with Crippen LogP contribution in [0.15, 0.2) is 40.8 Å². The standard InChI is InChI=1S/C50H67F5N8O18/c1-73-16-17-78-30-33-27-62(60-58-33)11-4-2-3-5-13-79-50(49(71)72)25-35(65)45(57-38(68)29-64)48(81-50)46(70)36(66)26-56-37(67)24-31-6-8-32(9-7-31)34-28-63(61-59-34)12-15-75-19-21-77-23-22-76-20-18-74-14-10-39(69)80-47-43(54)41(52)40(51)42(53)44(47)55/h6-9,27-28,33,35-36,45-46,48,64-66,70H,2-5,10-26,29-30H2,1H3,(H2-,56,57,67,68,71,72)/p+1/t33?,35-,36+,45+,46+,48+,50+/m0/s1. The van der Waals surface area contributed by atoms with Gasteiger partial charge >= 0.3 is 11.9 Å². The summed E-state index contributed by atoms with van der Waals surface area (Å²) in [6.07, 6.45) is -2.54. The molecule has 81 heavy (non-hydrogen) atoms. The van der Waals surface area contributed by atoms with Crippen molar-refractivity contribution in [2.45, 2.75) is 93.8 Å². The summed E-state index contributed by atoms with van der Waals surface area (Å²) in [7, 11) is 1.59. The normalized spacial score (nSPS) is 19.6. The number of ether oxygens (including phenoxy) is 9. The summed E-state index contributed by atoms with van der Waals surface area (Å²) in [5.41, 5.74) is 1.81. The average Bonchev–Trinajstić information content (AvgIpc) is 4.15. The summed E-state index contributed by atoms with van der Waals surface area (Å²) < 4.78 is 118. The number of carboxylic acids is 1. The van der Waals surface area contributed by atoms with E-state index in [-0.39, 0.29) is 71.9 Å². The summed E-state index contributed by atoms with van der Waals surface area (Å²) in [5, 5.41) is 74.5. The zero-order valence-electron chi connectivity index (χ0n) is 44.3. The number of nitrogens with zero attached hydrogens (tertiary/aromatic N) is 6. The summed E-state index contributed by atoms with van der Waals surface area (Å²) in [5.74, 6) is -20.0. The Morgan fingerprint density at radius 1 is 0.815 bits per heavy atom. The molecule has 3 aromatic rings. The number of carbonyl (C=O) groups excluding carboxylic acids is 3. The van der Waals surface area contributed by atoms with Crippen molar-refractivity contribution in [2.75, 3.05) is 106 Å². The molecule has 2 aromatic carbocycles. The smallest absolute Gasteiger partial charge is 0.364 e. The Kier molecular flexibility index (Phi) is 27.9. The summed E-state index contributed by atoms with van der Waals surface area (Å²) in [6, 6.07) is 5.14. The van der Waals surface area contributed by atoms with Crippen LogP contribution in [-0.4, -0.2) is 224 Å². The van der Waals surface area contributed by atoms with Gasteiger partial charge in [-0.1, -0.05) is 35.9 Å². The first kappa shape index (κ1) is 65.7. The summed E-state index contributed by atoms with van der Waals surface area (Å²) in [6.45, 7) is 1.68. The van der Waals surface area contributed by atoms with E-state index in [4.69, 9.17) is 37.9 Å². The topological polar surface area (TPSA) is 335 Å². The number of aliphatic hydroxyl groups excluding tert-OH is 4. The van der Waals surface area contributed by atoms with E-state index in [0.717, 1.165) is 12.8 Å². The van der Waals surface area contributed by atoms with Crippen molar-refractivity contribution in [3.63, 3.8) is 0 Å². The lowest BCUT2D eigenvalue weighted by atomic mass is 9.88. The molecular weight excluding hydrogens is 1100 g/mol. The van der Waals surface area contributed by atoms with Crippen molar-refractivity contribution in [1.82, 2.24) is 25.6 Å². The highest BCUT2D eigenvalue weighted by molar-refractivity contribution is 5.79. The Hall–Kier alpha value is -6.10. The molecule has 31 heteroatoms. The minimum atomic E-state index is -2.49. The number of unbranched alkanes of at least 4 members (excludes halogenated alkanes) is 3. The van der Waals surface area contributed by atoms with Gasteiger partial charge in [0, 0.05) is 30.8 Å². The van der Waals surface area contributed by atoms with Gasteiger partial charge in [0.25, 0.3) is 5.79 Å². The van der Waals surface area contributed by atoms with Crippen molar-refractivity contribution in [3.8, 4) is 17.0 Å². The van der Waals surface area contributed by atoms with Crippen LogP contribution >= 0.6 is 0 Å². The van der Waals surface area contributed by atoms with Crippen LogP contribution in [0.1, 0.15) is 44.1 Å². The molecule has 450 valence electrons. The molecule has 2 aliphatic rings. The SMILES string of the molecule is COCCOCC1C=[N+](CCCCCCO[C@]2(C(=O)O)C[C@H](O)[C@@H](NC(=O)CO)[C@H]([C@H](O)[C@H](O)CNC(=O)Cc3ccc(-c4cn(CCOCCOCCOCCOCCC(=O)Oc5c(F)c(F)c(F)c(F)c5F)nn4)cc3)O2)N=N1. The van der Waals surface area contributed by atoms with Gasteiger partial charge in [-0.05, 0) is 24.8 Å². The first-order valence-electron chi connectivity index (χ1n) is 25.8. The van der Waals surface area contributed by atoms with Gasteiger partial charge in [-0.15, -0.1) is 9.78 Å². The fraction of sp³-hybridized carbons (Fsp3) is 0.620. The molecular formula is C50H68F5N8O18+. The van der Waals surface area contributed by atoms with Crippen molar-refractivity contribution >= 4 is 30.0 Å². The van der Waals surface area contributed by atoms with E-state index in [9.17, 15) is 66.7 Å². The van der Waals surface area contributed by atoms with E-state index < -0.39 is 121 Å². The molecule has 7 N–H and O–H groups in total. The number of amides is 2. The zero-order valence-corrected chi connectivity index (χ0v) is 44.3. The predicted molar refractivity (Wildman–Crippen MR) is 266 cm³/mol. The van der Waals surface area contributed by atoms with Crippen LogP contribution < -0.4 is 15.4 Å². The van der Waals surface area contributed by atoms with Gasteiger partial charge in [-0.3, -0.25) is 14.4 Å². The molecule has 0 radical (unpaired) electrons. The number of benzene rings is 2. The van der Waals surface area contributed by atoms with Crippen molar-refractivity contribution in [1.29, 1.82) is 0 Å². The van der Waals surface area contributed by atoms with E-state index in [1.54, 1.807) is 46.9 Å². The lowest BCUT2D eigenvalue weighted by molar-refractivity contribution is -0.532. The number of methoxy groups -OCH3 is 1. The fourth-order valence-electron chi connectivity index (χ4n) is 7.90. The largest absolute Gasteiger partial charge is 0.477 e. The van der Waals surface area contributed by atoms with E-state index in [1.165, 1.54) is 0 Å². The molecule has 0 bridgehead atoms. The van der Waals surface area contributed by atoms with E-state index in [2.05, 4.69) is 36.0 Å². The second kappa shape index (κ2) is 34.4. The Morgan fingerprint density at radius 3 is 2.10 bits per heavy atom. The predicted octanol–water partition coefficient (Wildman–Crippen LogP) is 0.564. The molecule has 2 amide bonds. The third-order valence-corrected chi connectivity index (χ3v) is 12.2. The van der Waals surface area contributed by atoms with Crippen LogP contribution in [0.4, 0.5) is 22.0 Å². The maximum atomic E-state index is 13.7. The van der Waals surface area contributed by atoms with Gasteiger partial charge in [-0.25, -0.2) is 22.6 Å². The number of carboxylic acid groups (broad SMARTS) is 1. The maximum absolute atomic E-state index is 13.7. The van der Waals surface area contributed by atoms with Crippen LogP contribution in [0, 0.1) is 29.1 Å². The monoisotopic (exact) mass is 1160 g/mol. The lowest BCUT2D eigenvalue weighted by Crippen LogP contribution is -2.68. The Bertz CT molecular complexity index is 2510. The summed E-state index contributed by atoms with van der Waals surface area (Å²) in [4.78, 5) is 49.7. The molecule has 1 fully saturated rings. The van der Waals surface area contributed by atoms with Gasteiger partial charge in [0.05, 0.1) is 117 Å². The molecule has 0 spiro atoms. The number of carbonyl (C=O) groups is 4. The van der Waals surface area contributed by atoms with Gasteiger partial charge in [0.2, 0.25) is 52.7 Å². The number of hydrogen-bond acceptors (Lipinski definition) is 21. The van der Waals surface area contributed by atoms with Gasteiger partial charge in [-0.2, -0.15) is 8.78 Å². The Labute approximate surface area is 461 Å². The van der Waals surface area contributed by atoms with E-state index in [1.807, 2.05) is 6.21 Å². The molecule has 7 atom stereocenters. The quantitative estimate of drug-likeness (QED) is 0.00781. The zero-order chi connectivity index (χ0) is 58.7. The van der Waals surface area contributed by atoms with Crippen LogP contribution in [0.2, 0.25) is 0 Å². The number of esters is 1. The van der Waals surface area contributed by atoms with Crippen molar-refractivity contribution in [2.24, 2.45) is 10.3 Å². The second-order valence-corrected chi connectivity index (χ2v) is 18.3. The van der Waals surface area contributed by atoms with Gasteiger partial charge in [0.15, 0.2) is 0 Å². The lowest BCUT2D eigenvalue weighted by Gasteiger charge is -2.46. The van der Waals surface area contributed by atoms with Gasteiger partial charge in [0.1, 0.15) is 49.1 Å². The molecule has 1 saturated heterocycles. The molecule has 1 aromatic heterocycles. The number of halogens is 5. The van der Waals surface area contributed by atoms with Crippen LogP contribution in [-0.2, 0) is 70.0 Å². The van der Waals surface area contributed by atoms with Crippen LogP contribution in [0.25, 0.3) is 11.3 Å². The molecule has 0 aliphatic carbocycles. The average molecular weight is 1160 g/mol. The number of nitrogens with one attached hydrogen (secondary N) is 2. The number of aliphatic carboxylic acids is 1. The highest BCUT2D eigenvalue weighted by atomic mass is 19.2. The van der Waals surface area contributed by atoms with E-state index in [0.29, 0.717) is 62.6 Å². The molecule has 3 heterocycles. The second-order valence-electron chi connectivity index (χ2n) is 18.3. The fourth-order valence-corrected chi connectivity index (χ4v) is 7.90. The first-order valence-corrected chi connectivity index (χ1v) is 25.8. The summed E-state index contributed by atoms with van der Waals surface area (Å²) >= 11 is 0. The van der Waals surface area contributed by atoms with Crippen molar-refractivity contribution < 1.29 is 114 Å². The molecule has 5 rings (SSSR count). The van der Waals surface area contributed by atoms with E-state index >= 15 is 0 Å². The highest BCUT2D eigenvalue weighted by Gasteiger charge is 2.56. The maximum Gasteiger partial charge on any atom is 0.364 e. The van der Waals surface area contributed by atoms with Crippen molar-refractivity contribution in [3.05, 3.63) is 65.1 Å². The Morgan fingerprint density at radius 2 is 1.44 bits per heavy atom. The molecule has 0 saturated carbocycles. The molecule has 2 aliphatic heterocycles. The molecule has 26 nitrogen and oxygen atoms in total. The minimum Gasteiger partial charge on any atom is -0.477 e. The Balaban J connectivity index is 0.943. The third-order valence-electron chi connectivity index (χ3n) is 12.2. The van der Waals surface area contributed by atoms with Crippen LogP contribution in [0.3, 0.4) is 0 Å². The van der Waals surface area contributed by atoms with Crippen LogP contribution in [0.5, 0.6) is 5.75 Å². The third kappa shape index (κ3) is 21.0. The van der Waals surface area contributed by atoms with Gasteiger partial charge < -0.3 is 78.8 Å². The highest BCUT2D eigenvalue weighted by Crippen LogP contribution is 2.34. The number of aromatic nitrogens is 3. The number of hydrogen-bond donors (Lipinski definition) is 7. The number of aliphatic hydroxyl groups is 4. The number of rotatable bonds is 39. The molecule has 1 unspecified atom stereocenters. The minimum absolute atomic E-state index is 0.0209.